The van der Waals surface area contributed by atoms with Gasteiger partial charge in [0.25, 0.3) is 0 Å². The minimum absolute atomic E-state index is 0.153. The van der Waals surface area contributed by atoms with Crippen molar-refractivity contribution in [1.29, 1.82) is 0 Å². The summed E-state index contributed by atoms with van der Waals surface area (Å²) in [6, 6.07) is 0. The van der Waals surface area contributed by atoms with Crippen LogP contribution in [0.1, 0.15) is 33.1 Å². The van der Waals surface area contributed by atoms with Crippen molar-refractivity contribution in [2.75, 3.05) is 39.3 Å². The lowest BCUT2D eigenvalue weighted by atomic mass is 9.84. The third kappa shape index (κ3) is 5.00. The molecule has 0 bridgehead atoms. The Morgan fingerprint density at radius 3 is 2.79 bits per heavy atom. The molecule has 0 saturated carbocycles. The number of alkyl halides is 2. The molecular formula is C21H31F2N3O2. The first-order chi connectivity index (χ1) is 13.4. The molecule has 2 N–H and O–H groups in total. The van der Waals surface area contributed by atoms with Gasteiger partial charge in [-0.05, 0) is 43.0 Å². The maximum Gasteiger partial charge on any atom is 0.394 e. The highest BCUT2D eigenvalue weighted by molar-refractivity contribution is 5.83. The van der Waals surface area contributed by atoms with Crippen molar-refractivity contribution >= 4 is 5.91 Å². The summed E-state index contributed by atoms with van der Waals surface area (Å²) in [7, 11) is 0. The van der Waals surface area contributed by atoms with Gasteiger partial charge in [0.1, 0.15) is 5.76 Å². The van der Waals surface area contributed by atoms with Crippen LogP contribution in [0.5, 0.6) is 0 Å². The lowest BCUT2D eigenvalue weighted by molar-refractivity contribution is -0.202. The Balaban J connectivity index is 1.88. The van der Waals surface area contributed by atoms with E-state index in [4.69, 9.17) is 4.74 Å². The molecule has 28 heavy (non-hydrogen) atoms. The third-order valence-corrected chi connectivity index (χ3v) is 5.57. The van der Waals surface area contributed by atoms with E-state index in [0.29, 0.717) is 19.6 Å². The fraction of sp³-hybridized carbons (Fsp3) is 0.667. The molecular weight excluding hydrogens is 364 g/mol. The number of hydrogen-bond donors (Lipinski definition) is 2. The molecule has 2 atom stereocenters. The van der Waals surface area contributed by atoms with Crippen LogP contribution in [-0.4, -0.2) is 56.2 Å². The van der Waals surface area contributed by atoms with E-state index in [1.54, 1.807) is 12.2 Å². The van der Waals surface area contributed by atoms with Gasteiger partial charge in [-0.3, -0.25) is 4.79 Å². The Bertz CT molecular complexity index is 661. The van der Waals surface area contributed by atoms with E-state index in [1.165, 1.54) is 6.42 Å². The number of ether oxygens (including phenoxy) is 1. The average molecular weight is 395 g/mol. The van der Waals surface area contributed by atoms with Crippen LogP contribution in [0.25, 0.3) is 0 Å². The number of rotatable bonds is 6. The van der Waals surface area contributed by atoms with Gasteiger partial charge in [0, 0.05) is 39.6 Å². The Hall–Kier alpha value is -1.73. The van der Waals surface area contributed by atoms with Crippen molar-refractivity contribution in [2.45, 2.75) is 39.2 Å². The van der Waals surface area contributed by atoms with Crippen LogP contribution in [0.2, 0.25) is 0 Å². The molecule has 3 rings (SSSR count). The first kappa shape index (κ1) is 21.0. The van der Waals surface area contributed by atoms with Gasteiger partial charge in [-0.25, -0.2) is 0 Å². The number of piperidine rings is 1. The monoisotopic (exact) mass is 395 g/mol. The smallest absolute Gasteiger partial charge is 0.394 e. The Morgan fingerprint density at radius 1 is 1.36 bits per heavy atom. The van der Waals surface area contributed by atoms with Crippen molar-refractivity contribution in [3.63, 3.8) is 0 Å². The summed E-state index contributed by atoms with van der Waals surface area (Å²) < 4.78 is 32.1. The van der Waals surface area contributed by atoms with Crippen molar-refractivity contribution in [1.82, 2.24) is 15.5 Å². The van der Waals surface area contributed by atoms with Crippen molar-refractivity contribution in [2.24, 2.45) is 11.8 Å². The Labute approximate surface area is 165 Å². The van der Waals surface area contributed by atoms with Gasteiger partial charge in [-0.1, -0.05) is 19.1 Å². The molecule has 0 aromatic heterocycles. The molecule has 0 spiro atoms. The molecule has 2 heterocycles. The van der Waals surface area contributed by atoms with Crippen LogP contribution in [0, 0.1) is 11.8 Å². The van der Waals surface area contributed by atoms with Gasteiger partial charge < -0.3 is 20.3 Å². The zero-order chi connectivity index (χ0) is 20.1. The number of carbonyl (C=O) groups excluding carboxylic acids is 1. The molecule has 3 aliphatic rings. The number of hydrogen-bond acceptors (Lipinski definition) is 4. The fourth-order valence-electron chi connectivity index (χ4n) is 4.25. The van der Waals surface area contributed by atoms with Gasteiger partial charge >= 0.3 is 6.11 Å². The zero-order valence-corrected chi connectivity index (χ0v) is 16.8. The minimum atomic E-state index is -3.24. The summed E-state index contributed by atoms with van der Waals surface area (Å²) in [6.07, 6.45) is 5.32. The normalized spacial score (nSPS) is 28.4. The van der Waals surface area contributed by atoms with Gasteiger partial charge in [0.05, 0.1) is 11.8 Å². The third-order valence-electron chi connectivity index (χ3n) is 5.57. The minimum Gasteiger partial charge on any atom is -0.437 e. The average Bonchev–Trinajstić information content (AvgIpc) is 3.15. The summed E-state index contributed by atoms with van der Waals surface area (Å²) >= 11 is 0. The van der Waals surface area contributed by atoms with Crippen LogP contribution >= 0.6 is 0 Å². The van der Waals surface area contributed by atoms with Gasteiger partial charge in [0.15, 0.2) is 0 Å². The first-order valence-corrected chi connectivity index (χ1v) is 10.3. The van der Waals surface area contributed by atoms with E-state index >= 15 is 0 Å². The summed E-state index contributed by atoms with van der Waals surface area (Å²) in [5.74, 6) is -0.166. The highest BCUT2D eigenvalue weighted by atomic mass is 19.3. The molecule has 2 saturated heterocycles. The standard InChI is InChI=1S/C21H31F2N3O2/c1-3-24-13-17-15(8-7-9-19(17)28-21(2,22)23)16-12-25-14-18(16)20(27)26-10-5-4-6-11-26/h7-9,17-18,24-25H,3-6,10-14H2,1-2H3/b16-15+. The summed E-state index contributed by atoms with van der Waals surface area (Å²) in [4.78, 5) is 15.1. The number of halogens is 2. The predicted molar refractivity (Wildman–Crippen MR) is 105 cm³/mol. The lowest BCUT2D eigenvalue weighted by Gasteiger charge is -2.32. The first-order valence-electron chi connectivity index (χ1n) is 10.3. The molecule has 1 amide bonds. The largest absolute Gasteiger partial charge is 0.437 e. The van der Waals surface area contributed by atoms with Crippen molar-refractivity contribution < 1.29 is 18.3 Å². The quantitative estimate of drug-likeness (QED) is 0.726. The molecule has 2 unspecified atom stereocenters. The predicted octanol–water partition coefficient (Wildman–Crippen LogP) is 2.82. The van der Waals surface area contributed by atoms with Crippen LogP contribution in [0.3, 0.4) is 0 Å². The molecule has 1 aliphatic carbocycles. The lowest BCUT2D eigenvalue weighted by Crippen LogP contribution is -2.41. The van der Waals surface area contributed by atoms with Crippen molar-refractivity contribution in [3.05, 3.63) is 35.1 Å². The van der Waals surface area contributed by atoms with Crippen LogP contribution in [0.4, 0.5) is 8.78 Å². The van der Waals surface area contributed by atoms with Gasteiger partial charge in [0.2, 0.25) is 5.91 Å². The van der Waals surface area contributed by atoms with E-state index in [1.807, 2.05) is 17.9 Å². The molecule has 7 heteroatoms. The fourth-order valence-corrected chi connectivity index (χ4v) is 4.25. The molecule has 0 aromatic carbocycles. The number of carbonyl (C=O) groups is 1. The summed E-state index contributed by atoms with van der Waals surface area (Å²) in [5.41, 5.74) is 1.92. The van der Waals surface area contributed by atoms with Gasteiger partial charge in [-0.2, -0.15) is 8.78 Å². The van der Waals surface area contributed by atoms with E-state index in [0.717, 1.165) is 50.5 Å². The number of nitrogens with one attached hydrogen (secondary N) is 2. The maximum absolute atomic E-state index is 13.6. The highest BCUT2D eigenvalue weighted by Crippen LogP contribution is 2.36. The Kier molecular flexibility index (Phi) is 6.88. The number of nitrogens with zero attached hydrogens (tertiary/aromatic N) is 1. The maximum atomic E-state index is 13.6. The van der Waals surface area contributed by atoms with Crippen LogP contribution in [-0.2, 0) is 9.53 Å². The topological polar surface area (TPSA) is 53.6 Å². The van der Waals surface area contributed by atoms with E-state index in [9.17, 15) is 13.6 Å². The molecule has 0 aromatic rings. The molecule has 156 valence electrons. The second-order valence-electron chi connectivity index (χ2n) is 7.75. The van der Waals surface area contributed by atoms with E-state index < -0.39 is 6.11 Å². The van der Waals surface area contributed by atoms with E-state index in [-0.39, 0.29) is 23.5 Å². The number of amides is 1. The highest BCUT2D eigenvalue weighted by Gasteiger charge is 2.37. The second kappa shape index (κ2) is 9.18. The summed E-state index contributed by atoms with van der Waals surface area (Å²) in [6.45, 7) is 6.77. The number of likely N-dealkylation sites (tertiary alicyclic amines) is 1. The van der Waals surface area contributed by atoms with E-state index in [2.05, 4.69) is 10.6 Å². The SMILES string of the molecule is CCNCC1C(OC(C)(F)F)=CC=C/C1=C1/CNCC1C(=O)N1CCCCC1. The molecule has 2 fully saturated rings. The number of allylic oxidation sites excluding steroid dienone is 3. The van der Waals surface area contributed by atoms with Crippen LogP contribution in [0.15, 0.2) is 35.1 Å². The molecule has 0 radical (unpaired) electrons. The molecule has 5 nitrogen and oxygen atoms in total. The van der Waals surface area contributed by atoms with Crippen LogP contribution < -0.4 is 10.6 Å². The Morgan fingerprint density at radius 2 is 2.11 bits per heavy atom. The second-order valence-corrected chi connectivity index (χ2v) is 7.75. The van der Waals surface area contributed by atoms with Crippen molar-refractivity contribution in [3.8, 4) is 0 Å². The summed E-state index contributed by atoms with van der Waals surface area (Å²) in [5, 5.41) is 6.56. The van der Waals surface area contributed by atoms with Gasteiger partial charge in [-0.15, -0.1) is 0 Å². The zero-order valence-electron chi connectivity index (χ0n) is 16.8. The molecule has 2 aliphatic heterocycles.